The SMILES string of the molecule is CCCC(=O)CC[C@@H]1CC[C@@]2(C[C@@H]3OC(=O)C(C)(C)[C@@H]3O2)O1. The van der Waals surface area contributed by atoms with Crippen LogP contribution in [-0.4, -0.2) is 35.9 Å². The van der Waals surface area contributed by atoms with E-state index in [1.807, 2.05) is 20.8 Å². The van der Waals surface area contributed by atoms with Crippen LogP contribution >= 0.6 is 0 Å². The van der Waals surface area contributed by atoms with Crippen molar-refractivity contribution in [2.45, 2.75) is 89.8 Å². The van der Waals surface area contributed by atoms with E-state index in [0.717, 1.165) is 25.7 Å². The minimum Gasteiger partial charge on any atom is -0.459 e. The molecular formula is C17H26O5. The maximum atomic E-state index is 11.8. The van der Waals surface area contributed by atoms with Gasteiger partial charge >= 0.3 is 5.97 Å². The molecule has 0 unspecified atom stereocenters. The minimum absolute atomic E-state index is 0.0819. The predicted octanol–water partition coefficient (Wildman–Crippen LogP) is 2.75. The van der Waals surface area contributed by atoms with Crippen molar-refractivity contribution in [1.82, 2.24) is 0 Å². The zero-order chi connectivity index (χ0) is 16.0. The third-order valence-corrected chi connectivity index (χ3v) is 5.19. The smallest absolute Gasteiger partial charge is 0.314 e. The van der Waals surface area contributed by atoms with Gasteiger partial charge in [0, 0.05) is 25.7 Å². The summed E-state index contributed by atoms with van der Waals surface area (Å²) in [7, 11) is 0. The van der Waals surface area contributed by atoms with Crippen LogP contribution < -0.4 is 0 Å². The van der Waals surface area contributed by atoms with Crippen LogP contribution in [0.4, 0.5) is 0 Å². The molecule has 0 radical (unpaired) electrons. The van der Waals surface area contributed by atoms with Crippen LogP contribution in [-0.2, 0) is 23.8 Å². The molecule has 0 aromatic heterocycles. The van der Waals surface area contributed by atoms with Gasteiger partial charge in [0.05, 0.1) is 11.5 Å². The summed E-state index contributed by atoms with van der Waals surface area (Å²) in [6, 6.07) is 0. The monoisotopic (exact) mass is 310 g/mol. The Kier molecular flexibility index (Phi) is 4.06. The van der Waals surface area contributed by atoms with Crippen molar-refractivity contribution in [3.63, 3.8) is 0 Å². The summed E-state index contributed by atoms with van der Waals surface area (Å²) in [4.78, 5) is 23.5. The van der Waals surface area contributed by atoms with Crippen LogP contribution in [0.3, 0.4) is 0 Å². The third-order valence-electron chi connectivity index (χ3n) is 5.19. The van der Waals surface area contributed by atoms with Crippen molar-refractivity contribution in [2.75, 3.05) is 0 Å². The van der Waals surface area contributed by atoms with E-state index in [-0.39, 0.29) is 24.3 Å². The lowest BCUT2D eigenvalue weighted by Gasteiger charge is -2.28. The summed E-state index contributed by atoms with van der Waals surface area (Å²) in [5.41, 5.74) is -0.604. The van der Waals surface area contributed by atoms with Crippen molar-refractivity contribution in [1.29, 1.82) is 0 Å². The van der Waals surface area contributed by atoms with Crippen LogP contribution in [0.1, 0.15) is 65.7 Å². The lowest BCUT2D eigenvalue weighted by atomic mass is 9.87. The maximum absolute atomic E-state index is 11.8. The molecule has 0 aromatic rings. The molecule has 3 saturated heterocycles. The molecule has 0 aromatic carbocycles. The Morgan fingerprint density at radius 3 is 2.73 bits per heavy atom. The third kappa shape index (κ3) is 2.69. The minimum atomic E-state index is -0.605. The van der Waals surface area contributed by atoms with Gasteiger partial charge in [-0.25, -0.2) is 0 Å². The van der Waals surface area contributed by atoms with Gasteiger partial charge in [0.1, 0.15) is 18.0 Å². The molecule has 0 saturated carbocycles. The summed E-state index contributed by atoms with van der Waals surface area (Å²) in [5, 5.41) is 0. The molecule has 0 aliphatic carbocycles. The van der Waals surface area contributed by atoms with Crippen molar-refractivity contribution in [2.24, 2.45) is 5.41 Å². The Balaban J connectivity index is 1.55. The van der Waals surface area contributed by atoms with Gasteiger partial charge in [-0.2, -0.15) is 0 Å². The van der Waals surface area contributed by atoms with Crippen LogP contribution in [0.5, 0.6) is 0 Å². The standard InChI is InChI=1S/C17H26O5/c1-4-5-11(18)6-7-12-8-9-17(21-12)10-13-14(22-17)16(2,3)15(19)20-13/h12-14H,4-10H2,1-3H3/t12-,13+,14-,17-/m1/s1. The fourth-order valence-electron chi connectivity index (χ4n) is 3.86. The summed E-state index contributed by atoms with van der Waals surface area (Å²) in [6.45, 7) is 5.76. The quantitative estimate of drug-likeness (QED) is 0.731. The first-order valence-corrected chi connectivity index (χ1v) is 8.45. The lowest BCUT2D eigenvalue weighted by molar-refractivity contribution is -0.228. The van der Waals surface area contributed by atoms with Gasteiger partial charge in [0.2, 0.25) is 0 Å². The summed E-state index contributed by atoms with van der Waals surface area (Å²) in [6.07, 6.45) is 4.93. The zero-order valence-electron chi connectivity index (χ0n) is 13.7. The second-order valence-electron chi connectivity index (χ2n) is 7.42. The van der Waals surface area contributed by atoms with E-state index in [4.69, 9.17) is 14.2 Å². The number of hydrogen-bond donors (Lipinski definition) is 0. The van der Waals surface area contributed by atoms with E-state index >= 15 is 0 Å². The molecule has 5 heteroatoms. The van der Waals surface area contributed by atoms with E-state index < -0.39 is 11.2 Å². The maximum Gasteiger partial charge on any atom is 0.314 e. The number of rotatable bonds is 5. The summed E-state index contributed by atoms with van der Waals surface area (Å²) in [5.74, 6) is -0.477. The van der Waals surface area contributed by atoms with Crippen molar-refractivity contribution in [3.8, 4) is 0 Å². The number of hydrogen-bond acceptors (Lipinski definition) is 5. The van der Waals surface area contributed by atoms with E-state index in [0.29, 0.717) is 25.0 Å². The number of carbonyl (C=O) groups excluding carboxylic acids is 2. The Labute approximate surface area is 131 Å². The molecule has 22 heavy (non-hydrogen) atoms. The fraction of sp³-hybridized carbons (Fsp3) is 0.882. The molecule has 0 N–H and O–H groups in total. The molecule has 124 valence electrons. The predicted molar refractivity (Wildman–Crippen MR) is 79.1 cm³/mol. The number of fused-ring (bicyclic) bond motifs is 1. The molecule has 3 fully saturated rings. The molecular weight excluding hydrogens is 284 g/mol. The molecule has 1 spiro atoms. The van der Waals surface area contributed by atoms with Crippen LogP contribution in [0, 0.1) is 5.41 Å². The first-order chi connectivity index (χ1) is 10.4. The Bertz CT molecular complexity index is 472. The molecule has 4 atom stereocenters. The average Bonchev–Trinajstić information content (AvgIpc) is 3.07. The van der Waals surface area contributed by atoms with Crippen LogP contribution in [0.15, 0.2) is 0 Å². The summed E-state index contributed by atoms with van der Waals surface area (Å²) >= 11 is 0. The second-order valence-corrected chi connectivity index (χ2v) is 7.42. The molecule has 0 bridgehead atoms. The van der Waals surface area contributed by atoms with Gasteiger partial charge in [-0.15, -0.1) is 0 Å². The van der Waals surface area contributed by atoms with Gasteiger partial charge in [-0.1, -0.05) is 6.92 Å². The molecule has 3 heterocycles. The van der Waals surface area contributed by atoms with E-state index in [2.05, 4.69) is 0 Å². The topological polar surface area (TPSA) is 61.8 Å². The molecule has 5 nitrogen and oxygen atoms in total. The first-order valence-electron chi connectivity index (χ1n) is 8.45. The summed E-state index contributed by atoms with van der Waals surface area (Å²) < 4.78 is 17.7. The van der Waals surface area contributed by atoms with Crippen LogP contribution in [0.2, 0.25) is 0 Å². The lowest BCUT2D eigenvalue weighted by Crippen LogP contribution is -2.37. The highest BCUT2D eigenvalue weighted by Gasteiger charge is 2.63. The van der Waals surface area contributed by atoms with Gasteiger partial charge in [0.15, 0.2) is 5.79 Å². The zero-order valence-corrected chi connectivity index (χ0v) is 13.7. The highest BCUT2D eigenvalue weighted by molar-refractivity contribution is 5.79. The average molecular weight is 310 g/mol. The van der Waals surface area contributed by atoms with Gasteiger partial charge in [-0.05, 0) is 33.1 Å². The largest absolute Gasteiger partial charge is 0.459 e. The first kappa shape index (κ1) is 15.9. The van der Waals surface area contributed by atoms with Crippen molar-refractivity contribution >= 4 is 11.8 Å². The van der Waals surface area contributed by atoms with E-state index in [1.165, 1.54) is 0 Å². The second kappa shape index (κ2) is 5.60. The highest BCUT2D eigenvalue weighted by atomic mass is 16.7. The molecule has 3 rings (SSSR count). The van der Waals surface area contributed by atoms with Crippen molar-refractivity contribution < 1.29 is 23.8 Å². The normalized spacial score (nSPS) is 39.2. The van der Waals surface area contributed by atoms with Gasteiger partial charge < -0.3 is 14.2 Å². The molecule has 3 aliphatic heterocycles. The number of esters is 1. The Morgan fingerprint density at radius 1 is 1.27 bits per heavy atom. The van der Waals surface area contributed by atoms with E-state index in [9.17, 15) is 9.59 Å². The molecule has 0 amide bonds. The van der Waals surface area contributed by atoms with Crippen LogP contribution in [0.25, 0.3) is 0 Å². The number of carbonyl (C=O) groups is 2. The fourth-order valence-corrected chi connectivity index (χ4v) is 3.86. The number of ether oxygens (including phenoxy) is 3. The Hall–Kier alpha value is -0.940. The van der Waals surface area contributed by atoms with Gasteiger partial charge in [0.25, 0.3) is 0 Å². The molecule has 3 aliphatic rings. The Morgan fingerprint density at radius 2 is 2.05 bits per heavy atom. The van der Waals surface area contributed by atoms with Crippen molar-refractivity contribution in [3.05, 3.63) is 0 Å². The number of ketones is 1. The van der Waals surface area contributed by atoms with E-state index in [1.54, 1.807) is 0 Å². The highest BCUT2D eigenvalue weighted by Crippen LogP contribution is 2.51. The van der Waals surface area contributed by atoms with Gasteiger partial charge in [-0.3, -0.25) is 9.59 Å². The number of Topliss-reactive ketones (excluding diaryl/α,β-unsaturated/α-hetero) is 1.